The molecule has 168 valence electrons. The Morgan fingerprint density at radius 1 is 1.03 bits per heavy atom. The van der Waals surface area contributed by atoms with Crippen LogP contribution in [0, 0.1) is 6.92 Å². The molecule has 6 nitrogen and oxygen atoms in total. The normalized spacial score (nSPS) is 13.0. The van der Waals surface area contributed by atoms with E-state index in [1.54, 1.807) is 25.1 Å². The van der Waals surface area contributed by atoms with Crippen LogP contribution in [0.15, 0.2) is 48.8 Å². The van der Waals surface area contributed by atoms with E-state index in [0.29, 0.717) is 23.7 Å². The molecule has 0 fully saturated rings. The molecule has 1 unspecified atom stereocenters. The van der Waals surface area contributed by atoms with Crippen molar-refractivity contribution in [3.8, 4) is 11.1 Å². The van der Waals surface area contributed by atoms with Crippen LogP contribution in [0.1, 0.15) is 30.0 Å². The van der Waals surface area contributed by atoms with Gasteiger partial charge in [0.1, 0.15) is 5.69 Å². The number of halogens is 5. The van der Waals surface area contributed by atoms with Gasteiger partial charge in [-0.1, -0.05) is 12.1 Å². The summed E-state index contributed by atoms with van der Waals surface area (Å²) in [5, 5.41) is 12.5. The predicted octanol–water partition coefficient (Wildman–Crippen LogP) is 4.87. The van der Waals surface area contributed by atoms with Crippen molar-refractivity contribution in [2.24, 2.45) is 0 Å². The third-order valence-corrected chi connectivity index (χ3v) is 4.49. The van der Waals surface area contributed by atoms with E-state index < -0.39 is 29.7 Å². The fourth-order valence-electron chi connectivity index (χ4n) is 2.84. The first-order chi connectivity index (χ1) is 14.9. The van der Waals surface area contributed by atoms with Crippen molar-refractivity contribution in [3.63, 3.8) is 0 Å². The maximum absolute atomic E-state index is 13.7. The van der Waals surface area contributed by atoms with Crippen molar-refractivity contribution >= 4 is 17.4 Å². The summed E-state index contributed by atoms with van der Waals surface area (Å²) in [6, 6.07) is 8.35. The van der Waals surface area contributed by atoms with Crippen LogP contribution in [0.25, 0.3) is 11.1 Å². The monoisotopic (exact) mass is 452 g/mol. The lowest BCUT2D eigenvalue weighted by atomic mass is 10.0. The summed E-state index contributed by atoms with van der Waals surface area (Å²) in [7, 11) is 0. The largest absolute Gasteiger partial charge is 0.433 e. The van der Waals surface area contributed by atoms with Crippen molar-refractivity contribution in [2.45, 2.75) is 32.1 Å². The van der Waals surface area contributed by atoms with E-state index in [-0.39, 0.29) is 11.6 Å². The Labute approximate surface area is 179 Å². The minimum atomic E-state index is -4.62. The molecule has 3 rings (SSSR count). The van der Waals surface area contributed by atoms with Crippen molar-refractivity contribution < 1.29 is 31.9 Å². The van der Waals surface area contributed by atoms with Crippen LogP contribution in [0.3, 0.4) is 0 Å². The summed E-state index contributed by atoms with van der Waals surface area (Å²) in [5.41, 5.74) is 0.729. The van der Waals surface area contributed by atoms with Gasteiger partial charge in [-0.3, -0.25) is 9.78 Å². The minimum absolute atomic E-state index is 0.251. The summed E-state index contributed by atoms with van der Waals surface area (Å²) < 4.78 is 66.0. The molecule has 0 aliphatic rings. The number of hydrogen-bond acceptors (Lipinski definition) is 6. The smallest absolute Gasteiger partial charge is 0.380 e. The SMILES string of the molecule is CC(=O)C(F)(F)C(O)c1ccc(-c2cc(C)cc(Nc3nccc(C(F)(F)F)n3)c2)cn1. The number of aliphatic hydroxyl groups is 1. The predicted molar refractivity (Wildman–Crippen MR) is 105 cm³/mol. The molecule has 0 radical (unpaired) electrons. The highest BCUT2D eigenvalue weighted by Crippen LogP contribution is 2.33. The van der Waals surface area contributed by atoms with Crippen LogP contribution in [-0.4, -0.2) is 31.8 Å². The third-order valence-electron chi connectivity index (χ3n) is 4.49. The first-order valence-corrected chi connectivity index (χ1v) is 9.20. The van der Waals surface area contributed by atoms with Gasteiger partial charge in [0.25, 0.3) is 0 Å². The zero-order chi connectivity index (χ0) is 23.7. The second-order valence-electron chi connectivity index (χ2n) is 7.03. The van der Waals surface area contributed by atoms with Crippen LogP contribution in [0.4, 0.5) is 33.6 Å². The summed E-state index contributed by atoms with van der Waals surface area (Å²) >= 11 is 0. The van der Waals surface area contributed by atoms with Crippen molar-refractivity contribution in [1.82, 2.24) is 15.0 Å². The van der Waals surface area contributed by atoms with Gasteiger partial charge in [0.05, 0.1) is 5.69 Å². The van der Waals surface area contributed by atoms with E-state index in [1.807, 2.05) is 0 Å². The zero-order valence-electron chi connectivity index (χ0n) is 16.8. The highest BCUT2D eigenvalue weighted by Gasteiger charge is 2.45. The highest BCUT2D eigenvalue weighted by atomic mass is 19.4. The van der Waals surface area contributed by atoms with E-state index in [1.165, 1.54) is 18.3 Å². The number of hydrogen-bond donors (Lipinski definition) is 2. The number of nitrogens with zero attached hydrogens (tertiary/aromatic N) is 3. The third kappa shape index (κ3) is 5.05. The molecule has 0 saturated carbocycles. The average Bonchev–Trinajstić information content (AvgIpc) is 2.72. The molecule has 11 heteroatoms. The maximum atomic E-state index is 13.7. The van der Waals surface area contributed by atoms with Crippen molar-refractivity contribution in [2.75, 3.05) is 5.32 Å². The summed E-state index contributed by atoms with van der Waals surface area (Å²) in [6.45, 7) is 2.42. The molecule has 32 heavy (non-hydrogen) atoms. The molecule has 0 amide bonds. The molecule has 0 saturated heterocycles. The lowest BCUT2D eigenvalue weighted by Crippen LogP contribution is -2.34. The molecule has 0 aliphatic carbocycles. The molecule has 2 N–H and O–H groups in total. The Hall–Kier alpha value is -3.47. The van der Waals surface area contributed by atoms with E-state index in [4.69, 9.17) is 0 Å². The van der Waals surface area contributed by atoms with E-state index in [9.17, 15) is 31.9 Å². The Bertz CT molecular complexity index is 1130. The number of carbonyl (C=O) groups excluding carboxylic acids is 1. The Morgan fingerprint density at radius 3 is 2.34 bits per heavy atom. The van der Waals surface area contributed by atoms with Crippen LogP contribution >= 0.6 is 0 Å². The van der Waals surface area contributed by atoms with Gasteiger partial charge < -0.3 is 10.4 Å². The number of anilines is 2. The molecule has 1 aromatic carbocycles. The second kappa shape index (κ2) is 8.58. The molecule has 3 aromatic rings. The van der Waals surface area contributed by atoms with Crippen LogP contribution in [0.2, 0.25) is 0 Å². The van der Waals surface area contributed by atoms with Crippen molar-refractivity contribution in [1.29, 1.82) is 0 Å². The molecule has 2 aromatic heterocycles. The molecule has 2 heterocycles. The number of alkyl halides is 5. The number of ketones is 1. The number of aliphatic hydroxyl groups excluding tert-OH is 1. The van der Waals surface area contributed by atoms with E-state index in [0.717, 1.165) is 17.8 Å². The molecular weight excluding hydrogens is 435 g/mol. The number of benzene rings is 1. The standard InChI is InChI=1S/C21H17F5N4O2/c1-11-7-14(13-3-4-16(28-10-13)18(32)20(22,23)12(2)31)9-15(8-11)29-19-27-6-5-17(30-19)21(24,25)26/h3-10,18,32H,1-2H3,(H,27,29,30). The maximum Gasteiger partial charge on any atom is 0.433 e. The first-order valence-electron chi connectivity index (χ1n) is 9.20. The van der Waals surface area contributed by atoms with Gasteiger partial charge in [-0.15, -0.1) is 0 Å². The average molecular weight is 452 g/mol. The van der Waals surface area contributed by atoms with Crippen molar-refractivity contribution in [3.05, 3.63) is 65.7 Å². The van der Waals surface area contributed by atoms with Gasteiger partial charge in [-0.05, 0) is 42.3 Å². The Morgan fingerprint density at radius 2 is 1.75 bits per heavy atom. The first kappa shape index (κ1) is 23.2. The number of nitrogens with one attached hydrogen (secondary N) is 1. The Kier molecular flexibility index (Phi) is 6.22. The van der Waals surface area contributed by atoms with Crippen LogP contribution in [0.5, 0.6) is 0 Å². The van der Waals surface area contributed by atoms with E-state index >= 15 is 0 Å². The fraction of sp³-hybridized carbons (Fsp3) is 0.238. The summed E-state index contributed by atoms with van der Waals surface area (Å²) in [5.74, 6) is -5.71. The minimum Gasteiger partial charge on any atom is -0.380 e. The lowest BCUT2D eigenvalue weighted by molar-refractivity contribution is -0.159. The van der Waals surface area contributed by atoms with Gasteiger partial charge in [-0.2, -0.15) is 22.0 Å². The number of Topliss-reactive ketones (excluding diaryl/α,β-unsaturated/α-hetero) is 1. The van der Waals surface area contributed by atoms with Gasteiger partial charge in [-0.25, -0.2) is 9.97 Å². The van der Waals surface area contributed by atoms with Gasteiger partial charge in [0.15, 0.2) is 6.10 Å². The molecule has 0 spiro atoms. The van der Waals surface area contributed by atoms with Gasteiger partial charge >= 0.3 is 12.1 Å². The van der Waals surface area contributed by atoms with Gasteiger partial charge in [0, 0.05) is 30.6 Å². The molecule has 0 aliphatic heterocycles. The van der Waals surface area contributed by atoms with E-state index in [2.05, 4.69) is 20.3 Å². The van der Waals surface area contributed by atoms with Gasteiger partial charge in [0.2, 0.25) is 11.7 Å². The van der Waals surface area contributed by atoms with Crippen LogP contribution < -0.4 is 5.32 Å². The fourth-order valence-corrected chi connectivity index (χ4v) is 2.84. The zero-order valence-corrected chi connectivity index (χ0v) is 16.8. The quantitative estimate of drug-likeness (QED) is 0.519. The number of pyridine rings is 1. The Balaban J connectivity index is 1.87. The number of rotatable bonds is 6. The number of carbonyl (C=O) groups is 1. The summed E-state index contributed by atoms with van der Waals surface area (Å²) in [4.78, 5) is 22.1. The highest BCUT2D eigenvalue weighted by molar-refractivity contribution is 5.84. The second-order valence-corrected chi connectivity index (χ2v) is 7.03. The molecular formula is C21H17F5N4O2. The number of aryl methyl sites for hydroxylation is 1. The molecule has 1 atom stereocenters. The topological polar surface area (TPSA) is 88.0 Å². The number of aromatic nitrogens is 3. The molecule has 0 bridgehead atoms. The lowest BCUT2D eigenvalue weighted by Gasteiger charge is -2.19. The summed E-state index contributed by atoms with van der Waals surface area (Å²) in [6.07, 6.45) is -4.77. The van der Waals surface area contributed by atoms with Crippen LogP contribution in [-0.2, 0) is 11.0 Å².